The molecule has 0 fully saturated rings. The van der Waals surface area contributed by atoms with Gasteiger partial charge in [-0.2, -0.15) is 21.6 Å². The van der Waals surface area contributed by atoms with E-state index in [0.717, 1.165) is 4.73 Å². The third kappa shape index (κ3) is 3.69. The number of hydrogen-bond acceptors (Lipinski definition) is 6. The van der Waals surface area contributed by atoms with E-state index in [9.17, 15) is 14.7 Å². The van der Waals surface area contributed by atoms with Gasteiger partial charge in [-0.15, -0.1) is 0 Å². The average molecular weight is 388 g/mol. The zero-order valence-corrected chi connectivity index (χ0v) is 15.8. The molecule has 0 saturated heterocycles. The van der Waals surface area contributed by atoms with E-state index in [1.807, 2.05) is 6.26 Å². The summed E-state index contributed by atoms with van der Waals surface area (Å²) in [5.41, 5.74) is 7.27. The molecule has 8 nitrogen and oxygen atoms in total. The smallest absolute Gasteiger partial charge is 0.356 e. The second-order valence-corrected chi connectivity index (χ2v) is 7.03. The molecule has 2 heterocycles. The van der Waals surface area contributed by atoms with Crippen LogP contribution in [0.5, 0.6) is 0 Å². The molecule has 0 aliphatic heterocycles. The molecular formula is C18H20N4O4S. The summed E-state index contributed by atoms with van der Waals surface area (Å²) in [5, 5.41) is 14.6. The van der Waals surface area contributed by atoms with E-state index in [2.05, 4.69) is 5.10 Å². The molecule has 0 amide bonds. The molecule has 9 heteroatoms. The number of fused-ring (bicyclic) bond motifs is 1. The molecule has 0 aliphatic carbocycles. The Kier molecular flexibility index (Phi) is 5.52. The molecule has 2 aromatic heterocycles. The molecule has 0 radical (unpaired) electrons. The minimum atomic E-state index is -1.21. The number of carbonyl (C=O) groups is 2. The van der Waals surface area contributed by atoms with Gasteiger partial charge in [0.05, 0.1) is 11.7 Å². The van der Waals surface area contributed by atoms with Gasteiger partial charge in [-0.25, -0.2) is 9.59 Å². The number of nitrogens with two attached hydrogens (primary N) is 1. The normalized spacial score (nSPS) is 12.3. The molecule has 0 saturated carbocycles. The van der Waals surface area contributed by atoms with Gasteiger partial charge in [-0.3, -0.25) is 4.68 Å². The Bertz CT molecular complexity index is 995. The number of thioether (sulfide) groups is 1. The van der Waals surface area contributed by atoms with Crippen LogP contribution in [0.15, 0.2) is 36.7 Å². The minimum absolute atomic E-state index is 0.144. The lowest BCUT2D eigenvalue weighted by Crippen LogP contribution is -2.38. The molecule has 3 rings (SSSR count). The predicted molar refractivity (Wildman–Crippen MR) is 104 cm³/mol. The molecule has 1 unspecified atom stereocenters. The maximum atomic E-state index is 12.4. The Morgan fingerprint density at radius 3 is 2.74 bits per heavy atom. The molecule has 3 aromatic rings. The van der Waals surface area contributed by atoms with Crippen molar-refractivity contribution < 1.29 is 19.5 Å². The van der Waals surface area contributed by atoms with E-state index in [-0.39, 0.29) is 5.69 Å². The van der Waals surface area contributed by atoms with E-state index in [0.29, 0.717) is 34.2 Å². The highest BCUT2D eigenvalue weighted by Crippen LogP contribution is 2.34. The zero-order valence-electron chi connectivity index (χ0n) is 15.0. The van der Waals surface area contributed by atoms with E-state index in [4.69, 9.17) is 10.6 Å². The van der Waals surface area contributed by atoms with Crippen LogP contribution < -0.4 is 10.6 Å². The number of nitrogens with zero attached hydrogens (tertiary/aromatic N) is 3. The number of aromatic nitrogens is 3. The zero-order chi connectivity index (χ0) is 19.6. The van der Waals surface area contributed by atoms with Crippen LogP contribution in [0.1, 0.15) is 16.9 Å². The summed E-state index contributed by atoms with van der Waals surface area (Å²) in [5.74, 6) is -1.18. The van der Waals surface area contributed by atoms with Gasteiger partial charge in [0.1, 0.15) is 6.04 Å². The fourth-order valence-electron chi connectivity index (χ4n) is 2.86. The highest BCUT2D eigenvalue weighted by Gasteiger charge is 2.28. The lowest BCUT2D eigenvalue weighted by Gasteiger charge is -2.13. The molecule has 142 valence electrons. The van der Waals surface area contributed by atoms with Gasteiger partial charge in [0, 0.05) is 29.8 Å². The number of aryl methyl sites for hydroxylation is 1. The topological polar surface area (TPSA) is 112 Å². The van der Waals surface area contributed by atoms with Crippen LogP contribution in [0.25, 0.3) is 22.0 Å². The molecule has 0 bridgehead atoms. The van der Waals surface area contributed by atoms with Gasteiger partial charge in [0.15, 0.2) is 5.69 Å². The Balaban J connectivity index is 2.13. The molecule has 0 spiro atoms. The van der Waals surface area contributed by atoms with Crippen LogP contribution in [-0.4, -0.2) is 49.6 Å². The van der Waals surface area contributed by atoms with Crippen LogP contribution in [0, 0.1) is 0 Å². The van der Waals surface area contributed by atoms with E-state index < -0.39 is 18.0 Å². The van der Waals surface area contributed by atoms with E-state index in [1.165, 1.54) is 0 Å². The van der Waals surface area contributed by atoms with Gasteiger partial charge in [0.2, 0.25) is 0 Å². The lowest BCUT2D eigenvalue weighted by molar-refractivity contribution is -0.145. The van der Waals surface area contributed by atoms with Gasteiger partial charge in [-0.1, -0.05) is 18.2 Å². The largest absolute Gasteiger partial charge is 0.476 e. The highest BCUT2D eigenvalue weighted by molar-refractivity contribution is 7.98. The summed E-state index contributed by atoms with van der Waals surface area (Å²) in [6.07, 6.45) is 5.65. The standard InChI is InChI=1S/C18H20N4O4S/c1-21-10-11(9-20-21)15-12-5-3-4-6-14(12)22(16(15)17(23)24)26-18(25)13(19)7-8-27-2/h3-6,9-10,13H,7-8,19H2,1-2H3,(H,23,24). The Morgan fingerprint density at radius 1 is 1.37 bits per heavy atom. The summed E-state index contributed by atoms with van der Waals surface area (Å²) in [4.78, 5) is 29.9. The van der Waals surface area contributed by atoms with Crippen molar-refractivity contribution in [2.24, 2.45) is 12.8 Å². The second kappa shape index (κ2) is 7.85. The van der Waals surface area contributed by atoms with Crippen molar-refractivity contribution in [3.8, 4) is 11.1 Å². The first kappa shape index (κ1) is 19.0. The fraction of sp³-hybridized carbons (Fsp3) is 0.278. The van der Waals surface area contributed by atoms with Crippen molar-refractivity contribution in [2.75, 3.05) is 12.0 Å². The summed E-state index contributed by atoms with van der Waals surface area (Å²) in [6, 6.07) is 6.19. The maximum Gasteiger partial charge on any atom is 0.356 e. The van der Waals surface area contributed by atoms with Crippen LogP contribution in [-0.2, 0) is 11.8 Å². The lowest BCUT2D eigenvalue weighted by atomic mass is 10.1. The molecule has 0 aliphatic rings. The van der Waals surface area contributed by atoms with E-state index >= 15 is 0 Å². The minimum Gasteiger partial charge on any atom is -0.476 e. The number of aromatic carboxylic acids is 1. The van der Waals surface area contributed by atoms with E-state index in [1.54, 1.807) is 60.2 Å². The van der Waals surface area contributed by atoms with Crippen molar-refractivity contribution >= 4 is 34.6 Å². The quantitative estimate of drug-likeness (QED) is 0.634. The highest BCUT2D eigenvalue weighted by atomic mass is 32.2. The summed E-state index contributed by atoms with van der Waals surface area (Å²) in [6.45, 7) is 0. The Labute approximate surface area is 159 Å². The first-order valence-corrected chi connectivity index (χ1v) is 9.66. The predicted octanol–water partition coefficient (Wildman–Crippen LogP) is 1.78. The number of carbonyl (C=O) groups excluding carboxylic acids is 1. The average Bonchev–Trinajstić information content (AvgIpc) is 3.21. The van der Waals surface area contributed by atoms with Crippen molar-refractivity contribution in [1.29, 1.82) is 0 Å². The van der Waals surface area contributed by atoms with Crippen molar-refractivity contribution in [2.45, 2.75) is 12.5 Å². The third-order valence-corrected chi connectivity index (χ3v) is 4.79. The third-order valence-electron chi connectivity index (χ3n) is 4.15. The van der Waals surface area contributed by atoms with Gasteiger partial charge >= 0.3 is 11.9 Å². The number of hydrogen-bond donors (Lipinski definition) is 2. The first-order valence-electron chi connectivity index (χ1n) is 8.26. The van der Waals surface area contributed by atoms with Gasteiger partial charge in [-0.05, 0) is 24.5 Å². The van der Waals surface area contributed by atoms with Gasteiger partial charge < -0.3 is 15.7 Å². The van der Waals surface area contributed by atoms with Crippen molar-refractivity contribution in [1.82, 2.24) is 14.5 Å². The van der Waals surface area contributed by atoms with Crippen LogP contribution >= 0.6 is 11.8 Å². The Morgan fingerprint density at radius 2 is 2.11 bits per heavy atom. The van der Waals surface area contributed by atoms with Crippen molar-refractivity contribution in [3.63, 3.8) is 0 Å². The monoisotopic (exact) mass is 388 g/mol. The SMILES string of the molecule is CSCCC(N)C(=O)On1c(C(=O)O)c(-c2cnn(C)c2)c2ccccc21. The Hall–Kier alpha value is -2.78. The number of benzene rings is 1. The number of para-hydroxylation sites is 1. The second-order valence-electron chi connectivity index (χ2n) is 6.04. The van der Waals surface area contributed by atoms with Gasteiger partial charge in [0.25, 0.3) is 0 Å². The van der Waals surface area contributed by atoms with Crippen LogP contribution in [0.3, 0.4) is 0 Å². The number of carboxylic acids is 1. The summed E-state index contributed by atoms with van der Waals surface area (Å²) < 4.78 is 2.64. The summed E-state index contributed by atoms with van der Waals surface area (Å²) >= 11 is 1.57. The molecule has 1 atom stereocenters. The fourth-order valence-corrected chi connectivity index (χ4v) is 3.35. The molecular weight excluding hydrogens is 368 g/mol. The van der Waals surface area contributed by atoms with Crippen molar-refractivity contribution in [3.05, 3.63) is 42.4 Å². The van der Waals surface area contributed by atoms with Crippen LogP contribution in [0.2, 0.25) is 0 Å². The number of carboxylic acid groups (broad SMARTS) is 1. The molecule has 1 aromatic carbocycles. The summed E-state index contributed by atoms with van der Waals surface area (Å²) in [7, 11) is 1.74. The number of rotatable bonds is 7. The molecule has 3 N–H and O–H groups in total. The molecule has 27 heavy (non-hydrogen) atoms. The maximum absolute atomic E-state index is 12.4. The van der Waals surface area contributed by atoms with Crippen LogP contribution in [0.4, 0.5) is 0 Å². The first-order chi connectivity index (χ1) is 12.9.